The van der Waals surface area contributed by atoms with Crippen molar-refractivity contribution in [1.82, 2.24) is 5.32 Å². The van der Waals surface area contributed by atoms with Crippen molar-refractivity contribution in [2.24, 2.45) is 0 Å². The van der Waals surface area contributed by atoms with Crippen LogP contribution in [0.15, 0.2) is 11.6 Å². The van der Waals surface area contributed by atoms with Crippen LogP contribution in [-0.4, -0.2) is 23.6 Å². The molecule has 0 saturated heterocycles. The summed E-state index contributed by atoms with van der Waals surface area (Å²) < 4.78 is 0. The zero-order valence-corrected chi connectivity index (χ0v) is 10.5. The fourth-order valence-corrected chi connectivity index (χ4v) is 3.21. The van der Waals surface area contributed by atoms with E-state index in [1.165, 1.54) is 30.6 Å². The van der Waals surface area contributed by atoms with E-state index in [4.69, 9.17) is 0 Å². The summed E-state index contributed by atoms with van der Waals surface area (Å²) in [7, 11) is 0. The second kappa shape index (κ2) is 6.52. The van der Waals surface area contributed by atoms with Gasteiger partial charge in [-0.2, -0.15) is 11.8 Å². The summed E-state index contributed by atoms with van der Waals surface area (Å²) in [5.74, 6) is 1.26. The van der Waals surface area contributed by atoms with Crippen LogP contribution in [0.2, 0.25) is 0 Å². The van der Waals surface area contributed by atoms with Gasteiger partial charge in [0.2, 0.25) is 0 Å². The summed E-state index contributed by atoms with van der Waals surface area (Å²) in [5.41, 5.74) is 1.41. The molecule has 1 nitrogen and oxygen atoms in total. The van der Waals surface area contributed by atoms with Gasteiger partial charge in [0.25, 0.3) is 0 Å². The molecule has 1 aliphatic rings. The Labute approximate surface area is 92.7 Å². The molecule has 2 heteroatoms. The lowest BCUT2D eigenvalue weighted by atomic mass is 10.2. The number of thioether (sulfide) groups is 1. The molecule has 0 bridgehead atoms. The number of allylic oxidation sites excluding steroid dienone is 1. The van der Waals surface area contributed by atoms with Crippen molar-refractivity contribution in [1.29, 1.82) is 0 Å². The molecule has 2 unspecified atom stereocenters. The van der Waals surface area contributed by atoms with Crippen LogP contribution in [0.4, 0.5) is 0 Å². The molecule has 2 atom stereocenters. The summed E-state index contributed by atoms with van der Waals surface area (Å²) in [5, 5.41) is 4.52. The van der Waals surface area contributed by atoms with E-state index >= 15 is 0 Å². The van der Waals surface area contributed by atoms with Gasteiger partial charge in [0, 0.05) is 17.8 Å². The van der Waals surface area contributed by atoms with E-state index in [0.29, 0.717) is 0 Å². The molecular formula is C12H23NS. The molecule has 1 N–H and O–H groups in total. The molecule has 0 aromatic heterocycles. The van der Waals surface area contributed by atoms with Gasteiger partial charge < -0.3 is 5.32 Å². The van der Waals surface area contributed by atoms with Gasteiger partial charge in [-0.3, -0.25) is 0 Å². The average Bonchev–Trinajstić information content (AvgIpc) is 2.53. The Morgan fingerprint density at radius 2 is 2.21 bits per heavy atom. The molecule has 1 aliphatic carbocycles. The van der Waals surface area contributed by atoms with Gasteiger partial charge in [0.05, 0.1) is 0 Å². The average molecular weight is 213 g/mol. The third kappa shape index (κ3) is 4.05. The highest BCUT2D eigenvalue weighted by Gasteiger charge is 2.25. The lowest BCUT2D eigenvalue weighted by Gasteiger charge is -2.19. The minimum Gasteiger partial charge on any atom is -0.309 e. The molecule has 0 spiro atoms. The van der Waals surface area contributed by atoms with Crippen LogP contribution >= 0.6 is 11.8 Å². The molecule has 1 rings (SSSR count). The van der Waals surface area contributed by atoms with E-state index in [2.05, 4.69) is 43.9 Å². The van der Waals surface area contributed by atoms with Crippen LogP contribution in [0.3, 0.4) is 0 Å². The minimum atomic E-state index is 0.760. The molecule has 82 valence electrons. The van der Waals surface area contributed by atoms with Crippen molar-refractivity contribution in [3.05, 3.63) is 11.6 Å². The first-order chi connectivity index (χ1) is 6.74. The number of rotatable bonds is 5. The Hall–Kier alpha value is 0.0500. The lowest BCUT2D eigenvalue weighted by molar-refractivity contribution is 0.564. The molecule has 1 saturated carbocycles. The SMILES string of the molecule is CCSC1CCCC1NCC=C(C)C. The van der Waals surface area contributed by atoms with Crippen LogP contribution < -0.4 is 5.32 Å². The molecule has 1 fully saturated rings. The summed E-state index contributed by atoms with van der Waals surface area (Å²) >= 11 is 2.12. The smallest absolute Gasteiger partial charge is 0.0201 e. The quantitative estimate of drug-likeness (QED) is 0.704. The lowest BCUT2D eigenvalue weighted by Crippen LogP contribution is -2.34. The first kappa shape index (κ1) is 12.1. The van der Waals surface area contributed by atoms with Gasteiger partial charge >= 0.3 is 0 Å². The topological polar surface area (TPSA) is 12.0 Å². The maximum absolute atomic E-state index is 3.65. The second-order valence-electron chi connectivity index (χ2n) is 4.22. The van der Waals surface area contributed by atoms with E-state index < -0.39 is 0 Å². The van der Waals surface area contributed by atoms with Crippen LogP contribution in [-0.2, 0) is 0 Å². The molecule has 0 heterocycles. The maximum Gasteiger partial charge on any atom is 0.0201 e. The van der Waals surface area contributed by atoms with Crippen molar-refractivity contribution in [2.45, 2.75) is 51.3 Å². The van der Waals surface area contributed by atoms with E-state index in [0.717, 1.165) is 17.8 Å². The fourth-order valence-electron chi connectivity index (χ4n) is 1.99. The molecule has 14 heavy (non-hydrogen) atoms. The molecule has 0 amide bonds. The predicted octanol–water partition coefficient (Wildman–Crippen LogP) is 3.22. The zero-order valence-electron chi connectivity index (χ0n) is 9.68. The van der Waals surface area contributed by atoms with Gasteiger partial charge in [-0.05, 0) is 32.4 Å². The Balaban J connectivity index is 2.25. The summed E-state index contributed by atoms with van der Waals surface area (Å²) in [6.07, 6.45) is 6.47. The van der Waals surface area contributed by atoms with Crippen LogP contribution in [0.1, 0.15) is 40.0 Å². The van der Waals surface area contributed by atoms with E-state index in [-0.39, 0.29) is 0 Å². The maximum atomic E-state index is 3.65. The highest BCUT2D eigenvalue weighted by atomic mass is 32.2. The highest BCUT2D eigenvalue weighted by molar-refractivity contribution is 7.99. The third-order valence-electron chi connectivity index (χ3n) is 2.72. The first-order valence-electron chi connectivity index (χ1n) is 5.72. The Morgan fingerprint density at radius 1 is 1.43 bits per heavy atom. The predicted molar refractivity (Wildman–Crippen MR) is 67.0 cm³/mol. The molecule has 0 aromatic carbocycles. The van der Waals surface area contributed by atoms with E-state index in [1.807, 2.05) is 0 Å². The monoisotopic (exact) mass is 213 g/mol. The number of nitrogens with one attached hydrogen (secondary N) is 1. The van der Waals surface area contributed by atoms with Crippen molar-refractivity contribution < 1.29 is 0 Å². The van der Waals surface area contributed by atoms with Gasteiger partial charge in [-0.25, -0.2) is 0 Å². The van der Waals surface area contributed by atoms with Crippen LogP contribution in [0, 0.1) is 0 Å². The molecule has 0 radical (unpaired) electrons. The Morgan fingerprint density at radius 3 is 2.86 bits per heavy atom. The molecule has 0 aromatic rings. The largest absolute Gasteiger partial charge is 0.309 e. The van der Waals surface area contributed by atoms with Crippen molar-refractivity contribution in [3.8, 4) is 0 Å². The van der Waals surface area contributed by atoms with E-state index in [9.17, 15) is 0 Å². The number of hydrogen-bond donors (Lipinski definition) is 1. The summed E-state index contributed by atoms with van der Waals surface area (Å²) in [6, 6.07) is 0.760. The Bertz CT molecular complexity index is 185. The molecular weight excluding hydrogens is 190 g/mol. The normalized spacial score (nSPS) is 26.5. The van der Waals surface area contributed by atoms with Crippen molar-refractivity contribution >= 4 is 11.8 Å². The highest BCUT2D eigenvalue weighted by Crippen LogP contribution is 2.29. The van der Waals surface area contributed by atoms with Crippen LogP contribution in [0.5, 0.6) is 0 Å². The van der Waals surface area contributed by atoms with Crippen molar-refractivity contribution in [2.75, 3.05) is 12.3 Å². The van der Waals surface area contributed by atoms with Gasteiger partial charge in [-0.1, -0.05) is 25.0 Å². The zero-order chi connectivity index (χ0) is 10.4. The van der Waals surface area contributed by atoms with Gasteiger partial charge in [-0.15, -0.1) is 0 Å². The standard InChI is InChI=1S/C12H23NS/c1-4-14-12-7-5-6-11(12)13-9-8-10(2)3/h8,11-13H,4-7,9H2,1-3H3. The minimum absolute atomic E-state index is 0.760. The fraction of sp³-hybridized carbons (Fsp3) is 0.833. The summed E-state index contributed by atoms with van der Waals surface area (Å²) in [6.45, 7) is 7.63. The first-order valence-corrected chi connectivity index (χ1v) is 6.77. The van der Waals surface area contributed by atoms with Gasteiger partial charge in [0.1, 0.15) is 0 Å². The molecule has 0 aliphatic heterocycles. The van der Waals surface area contributed by atoms with Gasteiger partial charge in [0.15, 0.2) is 0 Å². The summed E-state index contributed by atoms with van der Waals surface area (Å²) in [4.78, 5) is 0. The van der Waals surface area contributed by atoms with E-state index in [1.54, 1.807) is 0 Å². The van der Waals surface area contributed by atoms with Crippen LogP contribution in [0.25, 0.3) is 0 Å². The number of hydrogen-bond acceptors (Lipinski definition) is 2. The Kier molecular flexibility index (Phi) is 5.64. The third-order valence-corrected chi connectivity index (χ3v) is 4.05. The second-order valence-corrected chi connectivity index (χ2v) is 5.74. The van der Waals surface area contributed by atoms with Crippen molar-refractivity contribution in [3.63, 3.8) is 0 Å².